The molecule has 1 atom stereocenters. The summed E-state index contributed by atoms with van der Waals surface area (Å²) in [4.78, 5) is 2.28. The second-order valence-electron chi connectivity index (χ2n) is 3.87. The molecule has 82 valence electrons. The van der Waals surface area contributed by atoms with Gasteiger partial charge in [0.25, 0.3) is 5.88 Å². The van der Waals surface area contributed by atoms with Crippen molar-refractivity contribution in [2.45, 2.75) is 12.3 Å². The fourth-order valence-electron chi connectivity index (χ4n) is 1.89. The maximum Gasteiger partial charge on any atom is 0.252 e. The maximum absolute atomic E-state index is 6.00. The Bertz CT molecular complexity index is 359. The summed E-state index contributed by atoms with van der Waals surface area (Å²) in [5.74, 6) is 0.845. The quantitative estimate of drug-likeness (QED) is 0.769. The van der Waals surface area contributed by atoms with E-state index in [0.717, 1.165) is 25.2 Å². The van der Waals surface area contributed by atoms with E-state index < -0.39 is 0 Å². The molecule has 0 radical (unpaired) electrons. The maximum atomic E-state index is 6.00. The van der Waals surface area contributed by atoms with E-state index >= 15 is 0 Å². The lowest BCUT2D eigenvalue weighted by Crippen LogP contribution is -2.14. The highest BCUT2D eigenvalue weighted by Crippen LogP contribution is 2.28. The van der Waals surface area contributed by atoms with Gasteiger partial charge in [-0.2, -0.15) is 5.10 Å². The van der Waals surface area contributed by atoms with Gasteiger partial charge in [-0.25, -0.2) is 0 Å². The van der Waals surface area contributed by atoms with Crippen LogP contribution in [0.15, 0.2) is 6.07 Å². The Balaban J connectivity index is 2.19. The first-order valence-corrected chi connectivity index (χ1v) is 5.34. The number of hydrogen-bond donors (Lipinski definition) is 0. The van der Waals surface area contributed by atoms with Crippen molar-refractivity contribution in [3.63, 3.8) is 0 Å². The molecular weight excluding hydrogens is 214 g/mol. The van der Waals surface area contributed by atoms with Crippen LogP contribution in [0, 0.1) is 0 Å². The van der Waals surface area contributed by atoms with E-state index in [1.54, 1.807) is 7.11 Å². The normalized spacial score (nSPS) is 21.9. The zero-order valence-corrected chi connectivity index (χ0v) is 9.66. The largest absolute Gasteiger partial charge is 0.479 e. The summed E-state index contributed by atoms with van der Waals surface area (Å²) in [6.45, 7) is 2.13. The summed E-state index contributed by atoms with van der Waals surface area (Å²) in [7, 11) is 3.65. The van der Waals surface area contributed by atoms with Crippen LogP contribution < -0.4 is 4.74 Å². The Labute approximate surface area is 94.2 Å². The second kappa shape index (κ2) is 4.33. The van der Waals surface area contributed by atoms with Gasteiger partial charge in [-0.15, -0.1) is 5.10 Å². The highest BCUT2D eigenvalue weighted by Gasteiger charge is 2.23. The smallest absolute Gasteiger partial charge is 0.252 e. The molecule has 4 nitrogen and oxygen atoms in total. The van der Waals surface area contributed by atoms with Gasteiger partial charge in [0, 0.05) is 12.5 Å². The van der Waals surface area contributed by atoms with E-state index in [1.807, 2.05) is 6.07 Å². The average molecular weight is 228 g/mol. The molecule has 2 heterocycles. The number of hydrogen-bond acceptors (Lipinski definition) is 4. The van der Waals surface area contributed by atoms with E-state index in [2.05, 4.69) is 22.1 Å². The molecule has 1 aromatic rings. The number of nitrogens with zero attached hydrogens (tertiary/aromatic N) is 3. The summed E-state index contributed by atoms with van der Waals surface area (Å²) in [6, 6.07) is 1.86. The molecule has 1 aliphatic heterocycles. The lowest BCUT2D eigenvalue weighted by Gasteiger charge is -2.10. The molecule has 1 saturated heterocycles. The van der Waals surface area contributed by atoms with Crippen molar-refractivity contribution in [1.29, 1.82) is 0 Å². The van der Waals surface area contributed by atoms with E-state index in [-0.39, 0.29) is 0 Å². The zero-order chi connectivity index (χ0) is 10.8. The predicted molar refractivity (Wildman–Crippen MR) is 58.4 cm³/mol. The number of likely N-dealkylation sites (tertiary alicyclic amines) is 1. The number of methoxy groups -OCH3 is 1. The van der Waals surface area contributed by atoms with Crippen LogP contribution in [0.1, 0.15) is 18.0 Å². The van der Waals surface area contributed by atoms with Crippen molar-refractivity contribution < 1.29 is 4.74 Å². The fraction of sp³-hybridized carbons (Fsp3) is 0.600. The van der Waals surface area contributed by atoms with Crippen LogP contribution in [0.25, 0.3) is 0 Å². The molecule has 0 saturated carbocycles. The third kappa shape index (κ3) is 2.21. The van der Waals surface area contributed by atoms with Crippen LogP contribution >= 0.6 is 11.6 Å². The van der Waals surface area contributed by atoms with E-state index in [0.29, 0.717) is 16.8 Å². The Morgan fingerprint density at radius 1 is 1.53 bits per heavy atom. The Morgan fingerprint density at radius 2 is 2.33 bits per heavy atom. The third-order valence-electron chi connectivity index (χ3n) is 2.74. The molecule has 0 bridgehead atoms. The summed E-state index contributed by atoms with van der Waals surface area (Å²) < 4.78 is 4.97. The van der Waals surface area contributed by atoms with Crippen molar-refractivity contribution >= 4 is 11.6 Å². The minimum atomic E-state index is 0.395. The van der Waals surface area contributed by atoms with E-state index in [1.165, 1.54) is 0 Å². The van der Waals surface area contributed by atoms with Crippen molar-refractivity contribution in [2.75, 3.05) is 27.2 Å². The number of rotatable bonds is 2. The van der Waals surface area contributed by atoms with Gasteiger partial charge in [0.05, 0.1) is 12.8 Å². The molecule has 0 aliphatic carbocycles. The summed E-state index contributed by atoms with van der Waals surface area (Å²) in [5, 5.41) is 8.62. The van der Waals surface area contributed by atoms with E-state index in [4.69, 9.17) is 16.3 Å². The number of halogens is 1. The fourth-order valence-corrected chi connectivity index (χ4v) is 2.11. The first kappa shape index (κ1) is 10.6. The molecular formula is C10H14ClN3O. The lowest BCUT2D eigenvalue weighted by molar-refractivity contribution is 0.389. The highest BCUT2D eigenvalue weighted by molar-refractivity contribution is 6.31. The molecule has 15 heavy (non-hydrogen) atoms. The van der Waals surface area contributed by atoms with Crippen LogP contribution in [-0.2, 0) is 0 Å². The van der Waals surface area contributed by atoms with Gasteiger partial charge >= 0.3 is 0 Å². The van der Waals surface area contributed by atoms with Crippen LogP contribution in [0.2, 0.25) is 5.02 Å². The standard InChI is InChI=1S/C10H14ClN3O/c1-14-4-3-7(6-14)9-5-8(11)10(15-2)13-12-9/h5,7H,3-4,6H2,1-2H3. The second-order valence-corrected chi connectivity index (χ2v) is 4.28. The number of likely N-dealkylation sites (N-methyl/N-ethyl adjacent to an activating group) is 1. The minimum Gasteiger partial charge on any atom is -0.479 e. The highest BCUT2D eigenvalue weighted by atomic mass is 35.5. The van der Waals surface area contributed by atoms with Crippen molar-refractivity contribution in [1.82, 2.24) is 15.1 Å². The van der Waals surface area contributed by atoms with Crippen LogP contribution in [0.5, 0.6) is 5.88 Å². The van der Waals surface area contributed by atoms with Crippen LogP contribution in [-0.4, -0.2) is 42.3 Å². The number of ether oxygens (including phenoxy) is 1. The Morgan fingerprint density at radius 3 is 2.87 bits per heavy atom. The molecule has 0 spiro atoms. The van der Waals surface area contributed by atoms with Gasteiger partial charge in [0.1, 0.15) is 5.02 Å². The summed E-state index contributed by atoms with van der Waals surface area (Å²) in [6.07, 6.45) is 1.12. The molecule has 0 N–H and O–H groups in total. The monoisotopic (exact) mass is 227 g/mol. The van der Waals surface area contributed by atoms with Crippen LogP contribution in [0.3, 0.4) is 0 Å². The van der Waals surface area contributed by atoms with Gasteiger partial charge in [0.2, 0.25) is 0 Å². The Kier molecular flexibility index (Phi) is 3.07. The third-order valence-corrected chi connectivity index (χ3v) is 3.01. The molecule has 1 aromatic heterocycles. The first-order chi connectivity index (χ1) is 7.20. The van der Waals surface area contributed by atoms with Gasteiger partial charge in [-0.05, 0) is 26.1 Å². The summed E-state index contributed by atoms with van der Waals surface area (Å²) in [5.41, 5.74) is 0.963. The van der Waals surface area contributed by atoms with Crippen LogP contribution in [0.4, 0.5) is 0 Å². The molecule has 1 fully saturated rings. The van der Waals surface area contributed by atoms with Gasteiger partial charge < -0.3 is 9.64 Å². The predicted octanol–water partition coefficient (Wildman–Crippen LogP) is 1.56. The average Bonchev–Trinajstić information content (AvgIpc) is 2.65. The van der Waals surface area contributed by atoms with Crippen molar-refractivity contribution in [2.24, 2.45) is 0 Å². The molecule has 5 heteroatoms. The molecule has 1 aliphatic rings. The zero-order valence-electron chi connectivity index (χ0n) is 8.90. The van der Waals surface area contributed by atoms with Gasteiger partial charge in [-0.1, -0.05) is 11.6 Å². The lowest BCUT2D eigenvalue weighted by atomic mass is 10.1. The SMILES string of the molecule is COc1nnc(C2CCN(C)C2)cc1Cl. The topological polar surface area (TPSA) is 38.3 Å². The van der Waals surface area contributed by atoms with Gasteiger partial charge in [0.15, 0.2) is 0 Å². The summed E-state index contributed by atoms with van der Waals surface area (Å²) >= 11 is 6.00. The van der Waals surface area contributed by atoms with E-state index in [9.17, 15) is 0 Å². The number of aromatic nitrogens is 2. The molecule has 0 amide bonds. The molecule has 1 unspecified atom stereocenters. The minimum absolute atomic E-state index is 0.395. The molecule has 2 rings (SSSR count). The Hall–Kier alpha value is -0.870. The van der Waals surface area contributed by atoms with Crippen molar-refractivity contribution in [3.8, 4) is 5.88 Å². The van der Waals surface area contributed by atoms with Gasteiger partial charge in [-0.3, -0.25) is 0 Å². The van der Waals surface area contributed by atoms with Crippen molar-refractivity contribution in [3.05, 3.63) is 16.8 Å². The first-order valence-electron chi connectivity index (χ1n) is 4.96. The molecule has 0 aromatic carbocycles.